The Balaban J connectivity index is 0.000000201. The van der Waals surface area contributed by atoms with E-state index in [1.807, 2.05) is 139 Å². The van der Waals surface area contributed by atoms with E-state index in [1.165, 1.54) is 6.07 Å². The number of H-pyrrole nitrogens is 1. The number of piperidine rings is 2. The molecule has 21 nitrogen and oxygen atoms in total. The molecule has 480 valence electrons. The van der Waals surface area contributed by atoms with Crippen LogP contribution in [0.3, 0.4) is 0 Å². The summed E-state index contributed by atoms with van der Waals surface area (Å²) in [6.07, 6.45) is 7.49. The Bertz CT molecular complexity index is 3810. The number of aromatic amines is 1. The van der Waals surface area contributed by atoms with Gasteiger partial charge in [0.1, 0.15) is 70.4 Å². The number of nitrogens with two attached hydrogens (primary N) is 1. The quantitative estimate of drug-likeness (QED) is 0.0408. The normalized spacial score (nSPS) is 16.6. The summed E-state index contributed by atoms with van der Waals surface area (Å²) < 4.78 is 47.2. The zero-order chi connectivity index (χ0) is 64.6. The van der Waals surface area contributed by atoms with Crippen molar-refractivity contribution in [2.75, 3.05) is 59.3 Å². The topological polar surface area (TPSA) is 259 Å². The van der Waals surface area contributed by atoms with E-state index in [1.54, 1.807) is 24.0 Å². The molecule has 3 N–H and O–H groups in total. The molecule has 5 heterocycles. The lowest BCUT2D eigenvalue weighted by Crippen LogP contribution is -2.42. The lowest BCUT2D eigenvalue weighted by Gasteiger charge is -2.35. The van der Waals surface area contributed by atoms with Crippen LogP contribution in [0.25, 0.3) is 33.5 Å². The number of aromatic nitrogens is 3. The number of rotatable bonds is 20. The molecule has 11 rings (SSSR count). The second kappa shape index (κ2) is 28.2. The van der Waals surface area contributed by atoms with Gasteiger partial charge in [0.25, 0.3) is 0 Å². The first-order valence-electron chi connectivity index (χ1n) is 31.1. The molecule has 21 heteroatoms. The summed E-state index contributed by atoms with van der Waals surface area (Å²) >= 11 is 0. The van der Waals surface area contributed by atoms with Gasteiger partial charge in [0.05, 0.1) is 60.4 Å². The monoisotopic (exact) mass is 1240 g/mol. The maximum atomic E-state index is 13.1. The lowest BCUT2D eigenvalue weighted by molar-refractivity contribution is -0.386. The summed E-state index contributed by atoms with van der Waals surface area (Å²) in [4.78, 5) is 77.8. The number of nitrogens with zero attached hydrogens (tertiary/aromatic N) is 5. The number of nitrogen functional groups attached to an aromatic ring is 1. The van der Waals surface area contributed by atoms with Crippen molar-refractivity contribution in [3.8, 4) is 57.0 Å². The fourth-order valence-electron chi connectivity index (χ4n) is 11.2. The standard InChI is InChI=1S/C36H40N4O8.C34H41N3O6/c1-36(2,3)48-35(42)39-16-6-7-24(19-39)26-17-28(37-33-27(26)18-29(40(43)44)34(41)38-33)32-30(46-20-22-10-11-22)8-5-9-31(32)47-21-23-12-14-25(45-4)15-13-23;1-34(2,3)43-33(39)37-16-6-7-24(18-37)26-17-28(36-32(35)27(26)19-38)31-29(41-20-22-10-11-22)8-5-9-30(31)42-21-23-12-14-25(40-4)15-13-23/h5,8-9,12-15,17-18,22,24H,6-7,10-11,16,19-21H2,1-4H3,(H,37,38,41);5,8-9,12-15,17,19,22,24H,6-7,10-11,16,18,20-21H2,1-4H3,(H2,35,36). The number of carbonyl (C=O) groups excluding carboxylic acids is 3. The van der Waals surface area contributed by atoms with Crippen molar-refractivity contribution in [2.45, 2.75) is 129 Å². The van der Waals surface area contributed by atoms with Crippen molar-refractivity contribution in [3.63, 3.8) is 0 Å². The van der Waals surface area contributed by atoms with E-state index in [2.05, 4.69) is 9.97 Å². The Hall–Kier alpha value is -9.40. The van der Waals surface area contributed by atoms with Crippen LogP contribution < -0.4 is 39.7 Å². The number of benzene rings is 4. The van der Waals surface area contributed by atoms with E-state index >= 15 is 0 Å². The number of anilines is 1. The molecule has 0 spiro atoms. The van der Waals surface area contributed by atoms with Gasteiger partial charge in [0, 0.05) is 49.5 Å². The van der Waals surface area contributed by atoms with Crippen molar-refractivity contribution < 1.29 is 57.2 Å². The minimum Gasteiger partial charge on any atom is -0.497 e. The van der Waals surface area contributed by atoms with Gasteiger partial charge in [-0.3, -0.25) is 19.7 Å². The van der Waals surface area contributed by atoms with Crippen molar-refractivity contribution in [3.05, 3.63) is 151 Å². The summed E-state index contributed by atoms with van der Waals surface area (Å²) in [6.45, 7) is 14.6. The van der Waals surface area contributed by atoms with E-state index in [9.17, 15) is 29.3 Å². The first kappa shape index (κ1) is 64.6. The van der Waals surface area contributed by atoms with Crippen LogP contribution in [-0.4, -0.2) is 113 Å². The van der Waals surface area contributed by atoms with E-state index < -0.39 is 33.5 Å². The van der Waals surface area contributed by atoms with Crippen LogP contribution in [0.2, 0.25) is 0 Å². The summed E-state index contributed by atoms with van der Waals surface area (Å²) in [5.41, 5.74) is 10.0. The number of pyridine rings is 3. The fraction of sp³-hybridized carbons (Fsp3) is 0.429. The van der Waals surface area contributed by atoms with Crippen LogP contribution in [0.15, 0.2) is 108 Å². The van der Waals surface area contributed by atoms with Crippen molar-refractivity contribution in [1.29, 1.82) is 0 Å². The first-order chi connectivity index (χ1) is 43.6. The highest BCUT2D eigenvalue weighted by atomic mass is 16.6. The molecule has 2 saturated carbocycles. The SMILES string of the molecule is COc1ccc(COc2cccc(OCC3CC3)c2-c2cc(C3CCCN(C(=O)OC(C)(C)C)C3)c(C=O)c(N)n2)cc1.COc1ccc(COc2cccc(OCC3CC3)c2-c2cc(C3CCCN(C(=O)OC(C)(C)C)C3)c3cc([N+](=O)[O-])c(=O)[nH]c3n2)cc1. The molecule has 4 aliphatic rings. The molecule has 2 amide bonds. The van der Waals surface area contributed by atoms with Gasteiger partial charge in [0.15, 0.2) is 6.29 Å². The van der Waals surface area contributed by atoms with Crippen LogP contribution in [0.1, 0.15) is 137 Å². The number of aldehydes is 1. The summed E-state index contributed by atoms with van der Waals surface area (Å²) in [5, 5.41) is 12.3. The zero-order valence-corrected chi connectivity index (χ0v) is 53.0. The Morgan fingerprint density at radius 2 is 1.08 bits per heavy atom. The third kappa shape index (κ3) is 16.7. The predicted octanol–water partition coefficient (Wildman–Crippen LogP) is 13.6. The van der Waals surface area contributed by atoms with Crippen LogP contribution in [0.5, 0.6) is 34.5 Å². The molecule has 2 aliphatic carbocycles. The first-order valence-corrected chi connectivity index (χ1v) is 31.1. The van der Waals surface area contributed by atoms with Gasteiger partial charge >= 0.3 is 23.4 Å². The molecule has 2 atom stereocenters. The highest BCUT2D eigenvalue weighted by molar-refractivity contribution is 5.88. The Morgan fingerprint density at radius 1 is 0.637 bits per heavy atom. The average molecular weight is 1240 g/mol. The number of hydrogen-bond acceptors (Lipinski definition) is 17. The van der Waals surface area contributed by atoms with Crippen LogP contribution in [0.4, 0.5) is 21.1 Å². The minimum atomic E-state index is -0.851. The highest BCUT2D eigenvalue weighted by Crippen LogP contribution is 2.45. The molecule has 0 radical (unpaired) electrons. The maximum absolute atomic E-state index is 13.1. The van der Waals surface area contributed by atoms with Crippen molar-refractivity contribution >= 4 is 41.0 Å². The molecule has 3 aromatic heterocycles. The van der Waals surface area contributed by atoms with Crippen LogP contribution in [0, 0.1) is 22.0 Å². The van der Waals surface area contributed by atoms with Gasteiger partial charge in [-0.1, -0.05) is 36.4 Å². The molecular weight excluding hydrogens is 1160 g/mol. The third-order valence-corrected chi connectivity index (χ3v) is 16.2. The van der Waals surface area contributed by atoms with Crippen molar-refractivity contribution in [1.82, 2.24) is 24.8 Å². The average Bonchev–Trinajstić information content (AvgIpc) is 1.52. The van der Waals surface area contributed by atoms with E-state index in [0.29, 0.717) is 127 Å². The largest absolute Gasteiger partial charge is 0.497 e. The summed E-state index contributed by atoms with van der Waals surface area (Å²) in [5.74, 6) is 4.70. The van der Waals surface area contributed by atoms with Gasteiger partial charge in [-0.25, -0.2) is 19.6 Å². The molecule has 91 heavy (non-hydrogen) atoms. The van der Waals surface area contributed by atoms with Crippen LogP contribution >= 0.6 is 0 Å². The molecule has 4 aromatic carbocycles. The van der Waals surface area contributed by atoms with Gasteiger partial charge in [-0.15, -0.1) is 0 Å². The number of ether oxygens (including phenoxy) is 8. The number of likely N-dealkylation sites (tertiary alicyclic amines) is 2. The number of nitrogens with one attached hydrogen (secondary N) is 1. The van der Waals surface area contributed by atoms with Crippen molar-refractivity contribution in [2.24, 2.45) is 11.8 Å². The number of amides is 2. The summed E-state index contributed by atoms with van der Waals surface area (Å²) in [7, 11) is 3.25. The van der Waals surface area contributed by atoms with Gasteiger partial charge in [-0.05, 0) is 188 Å². The molecule has 7 aromatic rings. The smallest absolute Gasteiger partial charge is 0.410 e. The number of fused-ring (bicyclic) bond motifs is 1. The van der Waals surface area contributed by atoms with Gasteiger partial charge < -0.3 is 58.4 Å². The Kier molecular flexibility index (Phi) is 20.0. The second-order valence-electron chi connectivity index (χ2n) is 25.7. The number of carbonyl (C=O) groups is 3. The van der Waals surface area contributed by atoms with E-state index in [4.69, 9.17) is 48.6 Å². The number of nitro groups is 1. The third-order valence-electron chi connectivity index (χ3n) is 16.2. The molecule has 2 aliphatic heterocycles. The second-order valence-corrected chi connectivity index (χ2v) is 25.7. The zero-order valence-electron chi connectivity index (χ0n) is 53.0. The Labute approximate surface area is 529 Å². The molecule has 2 saturated heterocycles. The van der Waals surface area contributed by atoms with E-state index in [-0.39, 0.29) is 36.0 Å². The molecule has 0 bridgehead atoms. The molecule has 4 fully saturated rings. The van der Waals surface area contributed by atoms with Crippen LogP contribution in [-0.2, 0) is 22.7 Å². The molecule has 2 unspecified atom stereocenters. The highest BCUT2D eigenvalue weighted by Gasteiger charge is 2.34. The Morgan fingerprint density at radius 3 is 1.51 bits per heavy atom. The predicted molar refractivity (Wildman–Crippen MR) is 345 cm³/mol. The summed E-state index contributed by atoms with van der Waals surface area (Å²) in [6, 6.07) is 31.6. The van der Waals surface area contributed by atoms with E-state index in [0.717, 1.165) is 78.6 Å². The lowest BCUT2D eigenvalue weighted by atomic mass is 9.87. The number of methoxy groups -OCH3 is 2. The van der Waals surface area contributed by atoms with Gasteiger partial charge in [0.2, 0.25) is 0 Å². The maximum Gasteiger partial charge on any atom is 0.410 e. The number of hydrogen-bond donors (Lipinski definition) is 2. The molecular formula is C70H81N7O14. The van der Waals surface area contributed by atoms with Gasteiger partial charge in [-0.2, -0.15) is 0 Å². The minimum absolute atomic E-state index is 0.117. The fourth-order valence-corrected chi connectivity index (χ4v) is 11.2.